The molecular weight excluding hydrogens is 368 g/mol. The lowest BCUT2D eigenvalue weighted by Gasteiger charge is -2.32. The zero-order valence-electron chi connectivity index (χ0n) is 17.5. The van der Waals surface area contributed by atoms with E-state index < -0.39 is 10.0 Å². The van der Waals surface area contributed by atoms with E-state index in [9.17, 15) is 8.42 Å². The molecule has 4 nitrogen and oxygen atoms in total. The van der Waals surface area contributed by atoms with Crippen molar-refractivity contribution >= 4 is 10.0 Å². The van der Waals surface area contributed by atoms with E-state index in [2.05, 4.69) is 40.0 Å². The van der Waals surface area contributed by atoms with E-state index in [0.717, 1.165) is 54.7 Å². The fourth-order valence-electron chi connectivity index (χ4n) is 4.07. The van der Waals surface area contributed by atoms with Crippen LogP contribution in [0, 0.1) is 33.6 Å². The molecule has 152 valence electrons. The highest BCUT2D eigenvalue weighted by molar-refractivity contribution is 7.89. The van der Waals surface area contributed by atoms with Gasteiger partial charge in [-0.3, -0.25) is 4.90 Å². The molecule has 0 aromatic heterocycles. The van der Waals surface area contributed by atoms with Gasteiger partial charge in [0.05, 0.1) is 4.90 Å². The zero-order chi connectivity index (χ0) is 20.3. The molecule has 2 aromatic carbocycles. The van der Waals surface area contributed by atoms with Crippen molar-refractivity contribution in [1.29, 1.82) is 0 Å². The van der Waals surface area contributed by atoms with Gasteiger partial charge in [-0.05, 0) is 87.4 Å². The minimum absolute atomic E-state index is 0.397. The SMILES string of the molecule is Cc1cc(C)c(C)c(S(=O)(=O)NCC2CCN(Cc3ccccc3)CC2)c1C. The molecule has 2 aromatic rings. The molecule has 0 bridgehead atoms. The van der Waals surface area contributed by atoms with Gasteiger partial charge in [0.2, 0.25) is 10.0 Å². The zero-order valence-corrected chi connectivity index (χ0v) is 18.3. The molecule has 0 radical (unpaired) electrons. The number of likely N-dealkylation sites (tertiary alicyclic amines) is 1. The van der Waals surface area contributed by atoms with Crippen molar-refractivity contribution in [3.63, 3.8) is 0 Å². The molecule has 1 fully saturated rings. The van der Waals surface area contributed by atoms with Crippen molar-refractivity contribution in [3.8, 4) is 0 Å². The van der Waals surface area contributed by atoms with E-state index in [1.165, 1.54) is 5.56 Å². The molecule has 1 N–H and O–H groups in total. The molecule has 5 heteroatoms. The molecule has 28 heavy (non-hydrogen) atoms. The van der Waals surface area contributed by atoms with Gasteiger partial charge in [-0.15, -0.1) is 0 Å². The van der Waals surface area contributed by atoms with Crippen LogP contribution in [0.2, 0.25) is 0 Å². The average molecular weight is 401 g/mol. The Morgan fingerprint density at radius 1 is 0.964 bits per heavy atom. The number of hydrogen-bond donors (Lipinski definition) is 1. The van der Waals surface area contributed by atoms with Gasteiger partial charge >= 0.3 is 0 Å². The van der Waals surface area contributed by atoms with Crippen LogP contribution in [-0.2, 0) is 16.6 Å². The van der Waals surface area contributed by atoms with Gasteiger partial charge in [-0.1, -0.05) is 36.4 Å². The summed E-state index contributed by atoms with van der Waals surface area (Å²) in [5.74, 6) is 0.397. The first-order chi connectivity index (χ1) is 13.3. The third-order valence-corrected chi connectivity index (χ3v) is 7.78. The van der Waals surface area contributed by atoms with Crippen molar-refractivity contribution in [2.24, 2.45) is 5.92 Å². The predicted octanol–water partition coefficient (Wildman–Crippen LogP) is 4.11. The second-order valence-electron chi connectivity index (χ2n) is 8.15. The number of nitrogens with one attached hydrogen (secondary N) is 1. The second kappa shape index (κ2) is 8.76. The highest BCUT2D eigenvalue weighted by Crippen LogP contribution is 2.26. The molecule has 1 aliphatic rings. The summed E-state index contributed by atoms with van der Waals surface area (Å²) in [5, 5.41) is 0. The van der Waals surface area contributed by atoms with Crippen LogP contribution >= 0.6 is 0 Å². The fourth-order valence-corrected chi connectivity index (χ4v) is 5.80. The fraction of sp³-hybridized carbons (Fsp3) is 0.478. The smallest absolute Gasteiger partial charge is 0.241 e. The van der Waals surface area contributed by atoms with Crippen LogP contribution in [0.3, 0.4) is 0 Å². The van der Waals surface area contributed by atoms with E-state index in [0.29, 0.717) is 17.4 Å². The maximum Gasteiger partial charge on any atom is 0.241 e. The Labute approximate surface area is 170 Å². The van der Waals surface area contributed by atoms with Gasteiger partial charge < -0.3 is 0 Å². The van der Waals surface area contributed by atoms with Gasteiger partial charge in [0.15, 0.2) is 0 Å². The maximum absolute atomic E-state index is 13.0. The second-order valence-corrected chi connectivity index (χ2v) is 9.85. The minimum Gasteiger partial charge on any atom is -0.299 e. The summed E-state index contributed by atoms with van der Waals surface area (Å²) in [7, 11) is -3.49. The minimum atomic E-state index is -3.49. The molecule has 0 unspecified atom stereocenters. The number of sulfonamides is 1. The lowest BCUT2D eigenvalue weighted by molar-refractivity contribution is 0.178. The first-order valence-electron chi connectivity index (χ1n) is 10.1. The standard InChI is InChI=1S/C23H32N2O2S/c1-17-14-18(2)20(4)23(19(17)3)28(26,27)24-15-21-10-12-25(13-11-21)16-22-8-6-5-7-9-22/h5-9,14,21,24H,10-13,15-16H2,1-4H3. The summed E-state index contributed by atoms with van der Waals surface area (Å²) in [5.41, 5.74) is 5.10. The first-order valence-corrected chi connectivity index (χ1v) is 11.6. The van der Waals surface area contributed by atoms with Gasteiger partial charge in [0.1, 0.15) is 0 Å². The Kier molecular flexibility index (Phi) is 6.58. The van der Waals surface area contributed by atoms with Crippen LogP contribution in [-0.4, -0.2) is 33.0 Å². The van der Waals surface area contributed by atoms with Crippen LogP contribution in [0.1, 0.15) is 40.7 Å². The Morgan fingerprint density at radius 2 is 1.54 bits per heavy atom. The Hall–Kier alpha value is -1.69. The third kappa shape index (κ3) is 4.83. The van der Waals surface area contributed by atoms with Crippen LogP contribution < -0.4 is 4.72 Å². The van der Waals surface area contributed by atoms with Crippen molar-refractivity contribution in [2.45, 2.75) is 52.0 Å². The molecule has 1 heterocycles. The van der Waals surface area contributed by atoms with Crippen molar-refractivity contribution < 1.29 is 8.42 Å². The number of rotatable bonds is 6. The van der Waals surface area contributed by atoms with E-state index >= 15 is 0 Å². The Morgan fingerprint density at radius 3 is 2.11 bits per heavy atom. The van der Waals surface area contributed by atoms with E-state index in [4.69, 9.17) is 0 Å². The molecule has 0 aliphatic carbocycles. The number of piperidine rings is 1. The summed E-state index contributed by atoms with van der Waals surface area (Å²) in [4.78, 5) is 2.92. The average Bonchev–Trinajstić information content (AvgIpc) is 2.67. The quantitative estimate of drug-likeness (QED) is 0.794. The largest absolute Gasteiger partial charge is 0.299 e. The highest BCUT2D eigenvalue weighted by Gasteiger charge is 2.25. The number of hydrogen-bond acceptors (Lipinski definition) is 3. The lowest BCUT2D eigenvalue weighted by atomic mass is 9.97. The lowest BCUT2D eigenvalue weighted by Crippen LogP contribution is -2.38. The summed E-state index contributed by atoms with van der Waals surface area (Å²) < 4.78 is 28.9. The first kappa shape index (κ1) is 21.0. The molecule has 0 atom stereocenters. The molecule has 0 saturated carbocycles. The summed E-state index contributed by atoms with van der Waals surface area (Å²) in [6.45, 7) is 11.3. The molecule has 0 spiro atoms. The Balaban J connectivity index is 1.58. The van der Waals surface area contributed by atoms with Crippen molar-refractivity contribution in [2.75, 3.05) is 19.6 Å². The van der Waals surface area contributed by atoms with Crippen molar-refractivity contribution in [1.82, 2.24) is 9.62 Å². The molecular formula is C23H32N2O2S. The van der Waals surface area contributed by atoms with Gasteiger partial charge in [-0.2, -0.15) is 0 Å². The predicted molar refractivity (Wildman–Crippen MR) is 115 cm³/mol. The highest BCUT2D eigenvalue weighted by atomic mass is 32.2. The van der Waals surface area contributed by atoms with Crippen LogP contribution in [0.5, 0.6) is 0 Å². The summed E-state index contributed by atoms with van der Waals surface area (Å²) in [6, 6.07) is 12.6. The molecule has 1 saturated heterocycles. The van der Waals surface area contributed by atoms with E-state index in [1.54, 1.807) is 0 Å². The maximum atomic E-state index is 13.0. The van der Waals surface area contributed by atoms with E-state index in [1.807, 2.05) is 33.8 Å². The topological polar surface area (TPSA) is 49.4 Å². The molecule has 1 aliphatic heterocycles. The van der Waals surface area contributed by atoms with Crippen LogP contribution in [0.15, 0.2) is 41.3 Å². The number of benzene rings is 2. The summed E-state index contributed by atoms with van der Waals surface area (Å²) in [6.07, 6.45) is 2.06. The van der Waals surface area contributed by atoms with Gasteiger partial charge in [0.25, 0.3) is 0 Å². The molecule has 0 amide bonds. The molecule has 3 rings (SSSR count). The van der Waals surface area contributed by atoms with Crippen molar-refractivity contribution in [3.05, 3.63) is 64.2 Å². The normalized spacial score (nSPS) is 16.4. The van der Waals surface area contributed by atoms with Gasteiger partial charge in [0, 0.05) is 13.1 Å². The number of aryl methyl sites for hydroxylation is 2. The Bertz CT molecular complexity index is 889. The third-order valence-electron chi connectivity index (χ3n) is 6.08. The van der Waals surface area contributed by atoms with E-state index in [-0.39, 0.29) is 0 Å². The van der Waals surface area contributed by atoms with Gasteiger partial charge in [-0.25, -0.2) is 13.1 Å². The number of nitrogens with zero attached hydrogens (tertiary/aromatic N) is 1. The van der Waals surface area contributed by atoms with Crippen LogP contribution in [0.4, 0.5) is 0 Å². The van der Waals surface area contributed by atoms with Crippen LogP contribution in [0.25, 0.3) is 0 Å². The monoisotopic (exact) mass is 400 g/mol. The summed E-state index contributed by atoms with van der Waals surface area (Å²) >= 11 is 0.